The minimum absolute atomic E-state index is 0. The van der Waals surface area contributed by atoms with Crippen LogP contribution < -0.4 is 0 Å². The van der Waals surface area contributed by atoms with E-state index in [0.717, 1.165) is 0 Å². The molecule has 0 aromatic rings. The normalized spacial score (nSPS) is 0. The van der Waals surface area contributed by atoms with E-state index in [2.05, 4.69) is 0 Å². The quantitative estimate of drug-likeness (QED) is 0.212. The Bertz CT molecular complexity index is 123. The smallest absolute Gasteiger partial charge is 0.358 e. The molecule has 0 fully saturated rings. The van der Waals surface area contributed by atoms with Gasteiger partial charge in [-0.05, 0) is 0 Å². The Labute approximate surface area is 2180 Å². The molecule has 0 amide bonds. The van der Waals surface area contributed by atoms with Crippen molar-refractivity contribution >= 4 is 0 Å². The average molecular weight is 14400 g/mol. The fourth-order valence-corrected chi connectivity index (χ4v) is 0. The fraction of sp³-hybridized carbons (Fsp3) is 0. The minimum Gasteiger partial charge on any atom is -0.358 e. The van der Waals surface area contributed by atoms with Crippen molar-refractivity contribution in [1.82, 2.24) is 0 Å². The first kappa shape index (κ1) is 1740. The molecule has 705 valence electrons. The zero-order valence-electron chi connectivity index (χ0n) is 96.0. The topological polar surface area (TPSA) is 0 Å². The molecule has 0 heterocycles. The van der Waals surface area contributed by atoms with Crippen LogP contribution in [0.15, 0.2) is 0 Å². The maximum Gasteiger partial charge on any atom is 3.00 e. The second-order valence-electron chi connectivity index (χ2n) is 0. The molecule has 1 radical (unpaired) electrons. The van der Waals surface area contributed by atoms with E-state index in [4.69, 9.17) is 0 Å². The Morgan fingerprint density at radius 2 is 0.0323 bits per heavy atom. The summed E-state index contributed by atoms with van der Waals surface area (Å²) in [7, 11) is 0. The summed E-state index contributed by atoms with van der Waals surface area (Å²) in [5.74, 6) is 0. The molecule has 0 aliphatic heterocycles. The Kier molecular flexibility index (Phi) is 24100. The molecule has 124 heavy (non-hydrogen) atoms. The van der Waals surface area contributed by atoms with Gasteiger partial charge in [0.15, 0.2) is 0 Å². The predicted octanol–water partition coefficient (Wildman–Crippen LogP) is 30.6. The third-order valence-corrected chi connectivity index (χ3v) is 0. The standard InChI is InChI=1S/68CH3.56U/h68*1H3;;;;;;;;;;;;;;;;;;;;;;;;;;;;;;;;;;;;;;;;;;;;;;;;;;;;;;;;/q68*-1;;;;;;;;;;;;;;;;;;;;;;;;;;30*+2;+3. The molecule has 0 aliphatic rings. The molecule has 56 heteroatoms. The average Bonchev–Trinajstić information content (AvgIpc) is 0. The zero-order chi connectivity index (χ0) is 0. The molecule has 0 bridgehead atoms. The van der Waals surface area contributed by atoms with E-state index in [0.29, 0.717) is 0 Å². The van der Waals surface area contributed by atoms with E-state index in [1.807, 2.05) is 0 Å². The minimum atomic E-state index is 0. The Balaban J connectivity index is 0. The molecular formula is C68H204U56-5. The first-order chi connectivity index (χ1) is 0. The van der Waals surface area contributed by atoms with Gasteiger partial charge in [-0.2, -0.15) is 0 Å². The first-order valence-corrected chi connectivity index (χ1v) is 0. The monoisotopic (exact) mass is 14400 g/mol. The summed E-state index contributed by atoms with van der Waals surface area (Å²) in [5.41, 5.74) is 0. The largest absolute Gasteiger partial charge is 3.00 e. The summed E-state index contributed by atoms with van der Waals surface area (Å²) in [4.78, 5) is 0. The molecule has 0 rings (SSSR count). The summed E-state index contributed by atoms with van der Waals surface area (Å²) in [6.45, 7) is 0. The molecule has 0 spiro atoms. The van der Waals surface area contributed by atoms with Gasteiger partial charge in [-0.15, -0.1) is 0 Å². The summed E-state index contributed by atoms with van der Waals surface area (Å²) in [6.07, 6.45) is 0. The van der Waals surface area contributed by atoms with Crippen molar-refractivity contribution in [3.8, 4) is 0 Å². The first-order valence-electron chi connectivity index (χ1n) is 0. The van der Waals surface area contributed by atoms with Crippen LogP contribution in [0.2, 0.25) is 0 Å². The van der Waals surface area contributed by atoms with Crippen LogP contribution in [0, 0.1) is 2250 Å². The molecular weight excluding hydrogens is 14100 g/mol. The SMILES string of the molecule is [CH3-].[CH3-].[CH3-].[CH3-].[CH3-].[CH3-].[CH3-].[CH3-].[CH3-].[CH3-].[CH3-].[CH3-].[CH3-].[CH3-].[CH3-].[CH3-].[CH3-].[CH3-].[CH3-].[CH3-].[CH3-].[CH3-].[CH3-].[CH3-].[CH3-].[CH3-].[CH3-].[CH3-].[CH3-].[CH3-].[CH3-].[CH3-].[CH3-].[CH3-].[CH3-].[CH3-].[CH3-].[CH3-].[CH3-].[CH3-].[CH3-].[CH3-].[CH3-].[CH3-].[CH3-].[CH3-].[CH3-].[CH3-].[CH3-].[CH3-].[CH3-].[CH3-].[CH3-].[CH3-].[CH3-].[CH3-].[CH3-].[CH3-].[CH3-].[CH3-].[CH3-].[CH3-].[CH3-].[CH3-].[CH3-].[CH3-].[CH3-].[CH3-].[U+2].[U+2].[U+2].[U+2].[U+2].[U+2].[U+2].[U+2].[U+2].[U+2].[U+2].[U+2].[U+2].[U+2].[U+2].[U+2].[U+2].[U+2].[U+2].[U+2].[U+2].[U+2].[U+2].[U+2].[U+2].[U+2].[U+2].[U+2].[U+2].[U+2].[U+3].[U].[U].[U].[U].[U].[U].[U].[U].[U].[U].[U].[U].[U].[U].[U].[U].[U].[U].[U].[U].[U].[U].[U].[U].[U]. The second-order valence-corrected chi connectivity index (χ2v) is 0. The maximum absolute atomic E-state index is 0. The van der Waals surface area contributed by atoms with E-state index in [1.54, 1.807) is 0 Å². The van der Waals surface area contributed by atoms with E-state index < -0.39 is 0 Å². The van der Waals surface area contributed by atoms with Crippen molar-refractivity contribution in [2.45, 2.75) is 0 Å². The fourth-order valence-electron chi connectivity index (χ4n) is 0. The maximum atomic E-state index is 0. The third-order valence-electron chi connectivity index (χ3n) is 0. The van der Waals surface area contributed by atoms with Gasteiger partial charge >= 0.3 is 965 Å². The predicted molar refractivity (Wildman–Crippen MR) is 436 cm³/mol. The number of hydrogen-bond acceptors (Lipinski definition) is 0. The molecule has 0 atom stereocenters. The van der Waals surface area contributed by atoms with Crippen LogP contribution in [-0.4, -0.2) is 0 Å². The van der Waals surface area contributed by atoms with Crippen LogP contribution in [0.3, 0.4) is 0 Å². The van der Waals surface area contributed by atoms with Gasteiger partial charge in [0.05, 0.1) is 0 Å². The van der Waals surface area contributed by atoms with Crippen LogP contribution >= 0.6 is 0 Å². The van der Waals surface area contributed by atoms with Crippen LogP contribution in [0.4, 0.5) is 0 Å². The molecule has 0 aromatic carbocycles. The van der Waals surface area contributed by atoms with Gasteiger partial charge in [0.2, 0.25) is 0 Å². The molecule has 0 aromatic heterocycles. The second kappa shape index (κ2) is 1720. The van der Waals surface area contributed by atoms with Crippen molar-refractivity contribution in [1.29, 1.82) is 0 Å². The Morgan fingerprint density at radius 1 is 0.0323 bits per heavy atom. The van der Waals surface area contributed by atoms with Crippen molar-refractivity contribution in [3.05, 3.63) is 505 Å². The van der Waals surface area contributed by atoms with Crippen molar-refractivity contribution in [2.75, 3.05) is 0 Å². The van der Waals surface area contributed by atoms with Crippen LogP contribution in [0.1, 0.15) is 0 Å². The van der Waals surface area contributed by atoms with Gasteiger partial charge in [-0.25, -0.2) is 0 Å². The van der Waals surface area contributed by atoms with Crippen molar-refractivity contribution < 1.29 is 1740 Å². The summed E-state index contributed by atoms with van der Waals surface area (Å²) < 4.78 is 0. The van der Waals surface area contributed by atoms with E-state index in [-0.39, 0.29) is 2250 Å². The van der Waals surface area contributed by atoms with E-state index in [9.17, 15) is 0 Å². The summed E-state index contributed by atoms with van der Waals surface area (Å²) in [5, 5.41) is 0. The number of rotatable bonds is 0. The van der Waals surface area contributed by atoms with Crippen molar-refractivity contribution in [3.63, 3.8) is 0 Å². The van der Waals surface area contributed by atoms with Gasteiger partial charge in [0.1, 0.15) is 0 Å². The van der Waals surface area contributed by atoms with E-state index >= 15 is 0 Å². The molecule has 0 saturated carbocycles. The molecule has 0 unspecified atom stereocenters. The van der Waals surface area contributed by atoms with Gasteiger partial charge in [0, 0.05) is 778 Å². The number of hydrogen-bond donors (Lipinski definition) is 0. The Hall–Kier alpha value is 58.9. The molecule has 0 aliphatic carbocycles. The van der Waals surface area contributed by atoms with Crippen molar-refractivity contribution in [2.24, 2.45) is 0 Å². The molecule has 0 saturated heterocycles. The van der Waals surface area contributed by atoms with Crippen LogP contribution in [-0.2, 0) is 0 Å². The van der Waals surface area contributed by atoms with Gasteiger partial charge < -0.3 is 505 Å². The van der Waals surface area contributed by atoms with Crippen LogP contribution in [0.5, 0.6) is 0 Å². The molecule has 0 N–H and O–H groups in total. The van der Waals surface area contributed by atoms with E-state index in [1.165, 1.54) is 0 Å². The van der Waals surface area contributed by atoms with Gasteiger partial charge in [-0.1, -0.05) is 0 Å². The Morgan fingerprint density at radius 3 is 0.0323 bits per heavy atom. The summed E-state index contributed by atoms with van der Waals surface area (Å²) >= 11 is 0. The molecule has 0 nitrogen and oxygen atoms in total. The zero-order valence-corrected chi connectivity index (χ0v) is 329. The third kappa shape index (κ3) is 1690. The van der Waals surface area contributed by atoms with Crippen LogP contribution in [0.25, 0.3) is 0 Å². The van der Waals surface area contributed by atoms with Gasteiger partial charge in [-0.3, -0.25) is 0 Å². The van der Waals surface area contributed by atoms with Gasteiger partial charge in [0.25, 0.3) is 0 Å². The summed E-state index contributed by atoms with van der Waals surface area (Å²) in [6, 6.07) is 0.